The molecule has 9 atom stereocenters. The zero-order valence-electron chi connectivity index (χ0n) is 20.2. The molecule has 164 valence electrons. The van der Waals surface area contributed by atoms with Gasteiger partial charge in [-0.15, -0.1) is 0 Å². The van der Waals surface area contributed by atoms with Crippen molar-refractivity contribution in [1.82, 2.24) is 0 Å². The maximum absolute atomic E-state index is 11.0. The lowest BCUT2D eigenvalue weighted by molar-refractivity contribution is -0.149. The third kappa shape index (κ3) is 2.27. The van der Waals surface area contributed by atoms with Gasteiger partial charge in [-0.3, -0.25) is 0 Å². The molecule has 0 aromatic rings. The summed E-state index contributed by atoms with van der Waals surface area (Å²) in [4.78, 5) is 11.0. The third-order valence-electron chi connectivity index (χ3n) is 13.2. The monoisotopic (exact) mass is 398 g/mol. The predicted molar refractivity (Wildman–Crippen MR) is 121 cm³/mol. The highest BCUT2D eigenvalue weighted by Crippen LogP contribution is 2.89. The van der Waals surface area contributed by atoms with Gasteiger partial charge >= 0.3 is 0 Å². The van der Waals surface area contributed by atoms with E-state index < -0.39 is 0 Å². The van der Waals surface area contributed by atoms with Crippen LogP contribution in [0.15, 0.2) is 0 Å². The quantitative estimate of drug-likeness (QED) is 0.444. The van der Waals surface area contributed by atoms with Crippen LogP contribution >= 0.6 is 0 Å². The van der Waals surface area contributed by atoms with Crippen molar-refractivity contribution in [2.75, 3.05) is 0 Å². The molecule has 5 rings (SSSR count). The summed E-state index contributed by atoms with van der Waals surface area (Å²) in [5.74, 6) is 4.38. The molecule has 1 nitrogen and oxygen atoms in total. The molecule has 5 aliphatic carbocycles. The standard InChI is InChI=1S/C28H46O/c1-19(8-7-17-29)21-12-13-26(6)23-10-9-22-24(3,4)20(2)11-14-27(22)18-28(23,27)16-15-25(21,26)5/h17,19-23H,7-16,18H2,1-6H3/t19-,20+,21-,22+,23+,25-,26+,27-,28+/m1/s1. The summed E-state index contributed by atoms with van der Waals surface area (Å²) in [5, 5.41) is 0. The average molecular weight is 399 g/mol. The Labute approximate surface area is 180 Å². The largest absolute Gasteiger partial charge is 0.303 e. The van der Waals surface area contributed by atoms with Crippen molar-refractivity contribution in [3.8, 4) is 0 Å². The smallest absolute Gasteiger partial charge is 0.120 e. The lowest BCUT2D eigenvalue weighted by Gasteiger charge is -2.63. The van der Waals surface area contributed by atoms with Crippen LogP contribution in [0.1, 0.15) is 112 Å². The number of carbonyl (C=O) groups excluding carboxylic acids is 1. The summed E-state index contributed by atoms with van der Waals surface area (Å²) in [5.41, 5.74) is 2.97. The van der Waals surface area contributed by atoms with E-state index in [2.05, 4.69) is 41.5 Å². The minimum absolute atomic E-state index is 0.499. The van der Waals surface area contributed by atoms with Crippen molar-refractivity contribution in [3.05, 3.63) is 0 Å². The second kappa shape index (κ2) is 6.13. The van der Waals surface area contributed by atoms with Crippen molar-refractivity contribution in [3.63, 3.8) is 0 Å². The zero-order valence-corrected chi connectivity index (χ0v) is 20.2. The minimum Gasteiger partial charge on any atom is -0.303 e. The van der Waals surface area contributed by atoms with Gasteiger partial charge in [-0.05, 0) is 121 Å². The van der Waals surface area contributed by atoms with Gasteiger partial charge in [0.2, 0.25) is 0 Å². The van der Waals surface area contributed by atoms with Crippen LogP contribution in [0.2, 0.25) is 0 Å². The Kier molecular flexibility index (Phi) is 4.35. The van der Waals surface area contributed by atoms with Crippen LogP contribution in [0, 0.1) is 56.7 Å². The Hall–Kier alpha value is -0.330. The molecule has 29 heavy (non-hydrogen) atoms. The van der Waals surface area contributed by atoms with Gasteiger partial charge in [0, 0.05) is 6.42 Å². The maximum atomic E-state index is 11.0. The minimum atomic E-state index is 0.499. The fraction of sp³-hybridized carbons (Fsp3) is 0.964. The summed E-state index contributed by atoms with van der Waals surface area (Å²) < 4.78 is 0. The molecular formula is C28H46O. The Balaban J connectivity index is 1.46. The third-order valence-corrected chi connectivity index (χ3v) is 13.2. The van der Waals surface area contributed by atoms with E-state index in [0.29, 0.717) is 33.0 Å². The van der Waals surface area contributed by atoms with E-state index in [4.69, 9.17) is 0 Å². The van der Waals surface area contributed by atoms with Crippen molar-refractivity contribution in [2.24, 2.45) is 56.7 Å². The second-order valence-corrected chi connectivity index (χ2v) is 13.6. The molecular weight excluding hydrogens is 352 g/mol. The highest BCUT2D eigenvalue weighted by Gasteiger charge is 2.81. The lowest BCUT2D eigenvalue weighted by atomic mass is 9.41. The van der Waals surface area contributed by atoms with Gasteiger partial charge in [0.25, 0.3) is 0 Å². The van der Waals surface area contributed by atoms with E-state index in [-0.39, 0.29) is 0 Å². The van der Waals surface area contributed by atoms with Crippen LogP contribution < -0.4 is 0 Å². The van der Waals surface area contributed by atoms with Gasteiger partial charge in [-0.2, -0.15) is 0 Å². The molecule has 5 saturated carbocycles. The number of fused-ring (bicyclic) bond motifs is 2. The molecule has 0 bridgehead atoms. The van der Waals surface area contributed by atoms with E-state index in [1.54, 1.807) is 6.42 Å². The average Bonchev–Trinajstić information content (AvgIpc) is 3.26. The highest BCUT2D eigenvalue weighted by molar-refractivity contribution is 5.49. The van der Waals surface area contributed by atoms with Crippen molar-refractivity contribution in [2.45, 2.75) is 112 Å². The summed E-state index contributed by atoms with van der Waals surface area (Å²) in [6.45, 7) is 15.6. The van der Waals surface area contributed by atoms with Gasteiger partial charge in [0.1, 0.15) is 6.29 Å². The van der Waals surface area contributed by atoms with Crippen molar-refractivity contribution >= 4 is 6.29 Å². The molecule has 0 unspecified atom stereocenters. The van der Waals surface area contributed by atoms with Crippen LogP contribution in [0.5, 0.6) is 0 Å². The first-order chi connectivity index (χ1) is 13.6. The van der Waals surface area contributed by atoms with Crippen molar-refractivity contribution in [1.29, 1.82) is 0 Å². The highest BCUT2D eigenvalue weighted by atomic mass is 16.1. The summed E-state index contributed by atoms with van der Waals surface area (Å²) in [7, 11) is 0. The fourth-order valence-electron chi connectivity index (χ4n) is 11.0. The lowest BCUT2D eigenvalue weighted by Crippen LogP contribution is -2.56. The van der Waals surface area contributed by atoms with Crippen LogP contribution in [0.4, 0.5) is 0 Å². The summed E-state index contributed by atoms with van der Waals surface area (Å²) in [6, 6.07) is 0. The number of hydrogen-bond donors (Lipinski definition) is 0. The van der Waals surface area contributed by atoms with Crippen LogP contribution in [0.3, 0.4) is 0 Å². The fourth-order valence-corrected chi connectivity index (χ4v) is 11.0. The van der Waals surface area contributed by atoms with E-state index in [1.165, 1.54) is 51.4 Å². The molecule has 5 fully saturated rings. The molecule has 0 aromatic heterocycles. The topological polar surface area (TPSA) is 17.1 Å². The molecule has 0 amide bonds. The predicted octanol–water partition coefficient (Wildman–Crippen LogP) is 7.68. The Morgan fingerprint density at radius 1 is 0.862 bits per heavy atom. The first-order valence-electron chi connectivity index (χ1n) is 13.0. The summed E-state index contributed by atoms with van der Waals surface area (Å²) in [6.07, 6.45) is 16.4. The first kappa shape index (κ1) is 20.6. The van der Waals surface area contributed by atoms with Gasteiger partial charge in [-0.1, -0.05) is 41.5 Å². The zero-order chi connectivity index (χ0) is 20.9. The molecule has 1 heteroatoms. The normalized spacial score (nSPS) is 55.8. The van der Waals surface area contributed by atoms with Crippen LogP contribution in [-0.4, -0.2) is 6.29 Å². The van der Waals surface area contributed by atoms with E-state index in [9.17, 15) is 4.79 Å². The first-order valence-corrected chi connectivity index (χ1v) is 13.0. The number of carbonyl (C=O) groups is 1. The van der Waals surface area contributed by atoms with E-state index in [1.807, 2.05) is 0 Å². The molecule has 0 aromatic carbocycles. The Morgan fingerprint density at radius 3 is 2.28 bits per heavy atom. The van der Waals surface area contributed by atoms with Gasteiger partial charge < -0.3 is 4.79 Å². The Morgan fingerprint density at radius 2 is 1.55 bits per heavy atom. The Bertz CT molecular complexity index is 694. The number of rotatable bonds is 4. The second-order valence-electron chi connectivity index (χ2n) is 13.6. The van der Waals surface area contributed by atoms with Gasteiger partial charge in [-0.25, -0.2) is 0 Å². The van der Waals surface area contributed by atoms with Gasteiger partial charge in [0.05, 0.1) is 0 Å². The molecule has 0 radical (unpaired) electrons. The molecule has 0 N–H and O–H groups in total. The van der Waals surface area contributed by atoms with Crippen molar-refractivity contribution < 1.29 is 4.79 Å². The van der Waals surface area contributed by atoms with Gasteiger partial charge in [0.15, 0.2) is 0 Å². The summed E-state index contributed by atoms with van der Waals surface area (Å²) >= 11 is 0. The number of aldehydes is 1. The molecule has 0 heterocycles. The molecule has 2 spiro atoms. The van der Waals surface area contributed by atoms with Crippen LogP contribution in [-0.2, 0) is 4.79 Å². The number of hydrogen-bond acceptors (Lipinski definition) is 1. The van der Waals surface area contributed by atoms with E-state index >= 15 is 0 Å². The molecule has 0 aliphatic heterocycles. The molecule has 0 saturated heterocycles. The van der Waals surface area contributed by atoms with Crippen LogP contribution in [0.25, 0.3) is 0 Å². The molecule has 5 aliphatic rings. The van der Waals surface area contributed by atoms with E-state index in [0.717, 1.165) is 42.8 Å². The maximum Gasteiger partial charge on any atom is 0.120 e. The SMILES string of the molecule is C[C@H](CCC=O)[C@H]1CC[C@@]2(C)[C@@H]3CC[C@H]4C(C)(C)[C@@H](C)CC[C@@]45C[C@@]35CC[C@]12C.